The second-order valence-corrected chi connectivity index (χ2v) is 7.49. The first-order chi connectivity index (χ1) is 13.7. The van der Waals surface area contributed by atoms with Gasteiger partial charge in [-0.05, 0) is 25.1 Å². The Morgan fingerprint density at radius 2 is 1.96 bits per heavy atom. The molecule has 0 bridgehead atoms. The normalized spacial score (nSPS) is 22.1. The van der Waals surface area contributed by atoms with Crippen LogP contribution in [0.2, 0.25) is 0 Å². The van der Waals surface area contributed by atoms with Crippen LogP contribution < -0.4 is 14.8 Å². The minimum Gasteiger partial charge on any atom is -0.493 e. The molecule has 0 aromatic heterocycles. The van der Waals surface area contributed by atoms with Crippen LogP contribution >= 0.6 is 0 Å². The standard InChI is InChI=1S/C22H27N3O3/c1-24-11-12-25(19(14-24)16-7-4-3-5-8-16)22(26)23-18-13-17-9-6-10-20(27-2)21(17)28-15-18/h3-10,18-19H,11-15H2,1-2H3,(H,23,26). The Morgan fingerprint density at radius 1 is 1.14 bits per heavy atom. The summed E-state index contributed by atoms with van der Waals surface area (Å²) in [5, 5.41) is 3.18. The highest BCUT2D eigenvalue weighted by molar-refractivity contribution is 5.75. The van der Waals surface area contributed by atoms with Gasteiger partial charge in [-0.2, -0.15) is 0 Å². The number of amides is 2. The number of urea groups is 1. The number of rotatable bonds is 3. The van der Waals surface area contributed by atoms with Crippen LogP contribution in [0.4, 0.5) is 4.79 Å². The summed E-state index contributed by atoms with van der Waals surface area (Å²) in [7, 11) is 3.74. The Bertz CT molecular complexity index is 827. The van der Waals surface area contributed by atoms with E-state index in [9.17, 15) is 4.79 Å². The lowest BCUT2D eigenvalue weighted by Crippen LogP contribution is -2.55. The van der Waals surface area contributed by atoms with Crippen molar-refractivity contribution in [3.63, 3.8) is 0 Å². The summed E-state index contributed by atoms with van der Waals surface area (Å²) in [6.07, 6.45) is 0.738. The molecule has 148 valence electrons. The fraction of sp³-hybridized carbons (Fsp3) is 0.409. The van der Waals surface area contributed by atoms with Crippen molar-refractivity contribution in [1.82, 2.24) is 15.1 Å². The second kappa shape index (κ2) is 8.10. The molecule has 1 N–H and O–H groups in total. The van der Waals surface area contributed by atoms with E-state index in [2.05, 4.69) is 29.4 Å². The molecule has 2 aliphatic rings. The van der Waals surface area contributed by atoms with E-state index in [1.165, 1.54) is 5.56 Å². The van der Waals surface area contributed by atoms with Crippen LogP contribution in [0, 0.1) is 0 Å². The smallest absolute Gasteiger partial charge is 0.318 e. The molecule has 2 unspecified atom stereocenters. The minimum absolute atomic E-state index is 0.0260. The quantitative estimate of drug-likeness (QED) is 0.888. The fourth-order valence-electron chi connectivity index (χ4n) is 4.03. The molecule has 0 spiro atoms. The topological polar surface area (TPSA) is 54.0 Å². The first kappa shape index (κ1) is 18.6. The molecular formula is C22H27N3O3. The molecule has 1 fully saturated rings. The third kappa shape index (κ3) is 3.78. The number of methoxy groups -OCH3 is 1. The number of fused-ring (bicyclic) bond motifs is 1. The van der Waals surface area contributed by atoms with E-state index in [0.29, 0.717) is 13.2 Å². The van der Waals surface area contributed by atoms with Gasteiger partial charge in [0.15, 0.2) is 11.5 Å². The molecule has 2 atom stereocenters. The van der Waals surface area contributed by atoms with Gasteiger partial charge in [-0.15, -0.1) is 0 Å². The number of carbonyl (C=O) groups is 1. The molecule has 28 heavy (non-hydrogen) atoms. The first-order valence-electron chi connectivity index (χ1n) is 9.75. The summed E-state index contributed by atoms with van der Waals surface area (Å²) >= 11 is 0. The van der Waals surface area contributed by atoms with Gasteiger partial charge >= 0.3 is 6.03 Å². The van der Waals surface area contributed by atoms with E-state index in [4.69, 9.17) is 9.47 Å². The predicted octanol–water partition coefficient (Wildman–Crippen LogP) is 2.70. The maximum Gasteiger partial charge on any atom is 0.318 e. The van der Waals surface area contributed by atoms with Crippen molar-refractivity contribution in [2.24, 2.45) is 0 Å². The Morgan fingerprint density at radius 3 is 2.75 bits per heavy atom. The molecule has 2 aliphatic heterocycles. The van der Waals surface area contributed by atoms with Gasteiger partial charge in [-0.1, -0.05) is 42.5 Å². The lowest BCUT2D eigenvalue weighted by molar-refractivity contribution is 0.104. The van der Waals surface area contributed by atoms with Crippen molar-refractivity contribution in [2.45, 2.75) is 18.5 Å². The van der Waals surface area contributed by atoms with E-state index < -0.39 is 0 Å². The molecule has 6 heteroatoms. The zero-order valence-corrected chi connectivity index (χ0v) is 16.4. The van der Waals surface area contributed by atoms with E-state index in [0.717, 1.165) is 36.6 Å². The average molecular weight is 381 g/mol. The monoisotopic (exact) mass is 381 g/mol. The third-order valence-corrected chi connectivity index (χ3v) is 5.53. The molecule has 2 aromatic rings. The third-order valence-electron chi connectivity index (χ3n) is 5.53. The summed E-state index contributed by atoms with van der Waals surface area (Å²) in [6, 6.07) is 16.1. The zero-order chi connectivity index (χ0) is 19.5. The van der Waals surface area contributed by atoms with Crippen molar-refractivity contribution in [3.8, 4) is 11.5 Å². The van der Waals surface area contributed by atoms with Crippen LogP contribution in [-0.2, 0) is 6.42 Å². The van der Waals surface area contributed by atoms with Gasteiger partial charge < -0.3 is 24.6 Å². The molecule has 6 nitrogen and oxygen atoms in total. The van der Waals surface area contributed by atoms with Gasteiger partial charge in [0.25, 0.3) is 0 Å². The summed E-state index contributed by atoms with van der Waals surface area (Å²) in [5.74, 6) is 1.53. The highest BCUT2D eigenvalue weighted by atomic mass is 16.5. The number of benzene rings is 2. The van der Waals surface area contributed by atoms with Crippen molar-refractivity contribution < 1.29 is 14.3 Å². The van der Waals surface area contributed by atoms with E-state index >= 15 is 0 Å². The van der Waals surface area contributed by atoms with Crippen molar-refractivity contribution in [3.05, 3.63) is 59.7 Å². The predicted molar refractivity (Wildman–Crippen MR) is 108 cm³/mol. The largest absolute Gasteiger partial charge is 0.493 e. The molecule has 1 saturated heterocycles. The van der Waals surface area contributed by atoms with Gasteiger partial charge in [0, 0.05) is 25.2 Å². The molecule has 2 amide bonds. The first-order valence-corrected chi connectivity index (χ1v) is 9.75. The number of nitrogens with zero attached hydrogens (tertiary/aromatic N) is 2. The Labute approximate surface area is 166 Å². The minimum atomic E-state index is -0.0526. The van der Waals surface area contributed by atoms with Gasteiger partial charge in [0.05, 0.1) is 19.2 Å². The van der Waals surface area contributed by atoms with Crippen molar-refractivity contribution in [1.29, 1.82) is 0 Å². The number of nitrogens with one attached hydrogen (secondary N) is 1. The second-order valence-electron chi connectivity index (χ2n) is 7.49. The highest BCUT2D eigenvalue weighted by Gasteiger charge is 2.32. The summed E-state index contributed by atoms with van der Waals surface area (Å²) in [4.78, 5) is 17.3. The van der Waals surface area contributed by atoms with Crippen LogP contribution in [-0.4, -0.2) is 62.3 Å². The molecule has 0 saturated carbocycles. The molecule has 4 rings (SSSR count). The van der Waals surface area contributed by atoms with Crippen LogP contribution in [0.15, 0.2) is 48.5 Å². The Hall–Kier alpha value is -2.73. The lowest BCUT2D eigenvalue weighted by atomic mass is 10.0. The number of para-hydroxylation sites is 1. The van der Waals surface area contributed by atoms with Crippen LogP contribution in [0.25, 0.3) is 0 Å². The van der Waals surface area contributed by atoms with Crippen molar-refractivity contribution >= 4 is 6.03 Å². The van der Waals surface area contributed by atoms with Gasteiger partial charge in [-0.3, -0.25) is 0 Å². The zero-order valence-electron chi connectivity index (χ0n) is 16.4. The van der Waals surface area contributed by atoms with E-state index in [-0.39, 0.29) is 18.1 Å². The Balaban J connectivity index is 1.46. The summed E-state index contributed by atoms with van der Waals surface area (Å²) in [5.41, 5.74) is 2.23. The van der Waals surface area contributed by atoms with Gasteiger partial charge in [0.2, 0.25) is 0 Å². The molecular weight excluding hydrogens is 354 g/mol. The number of hydrogen-bond acceptors (Lipinski definition) is 4. The molecule has 2 heterocycles. The van der Waals surface area contributed by atoms with Crippen LogP contribution in [0.1, 0.15) is 17.2 Å². The fourth-order valence-corrected chi connectivity index (χ4v) is 4.03. The average Bonchev–Trinajstić information content (AvgIpc) is 2.73. The maximum absolute atomic E-state index is 13.1. The van der Waals surface area contributed by atoms with E-state index in [1.807, 2.05) is 41.3 Å². The van der Waals surface area contributed by atoms with Crippen LogP contribution in [0.3, 0.4) is 0 Å². The van der Waals surface area contributed by atoms with Gasteiger partial charge in [-0.25, -0.2) is 4.79 Å². The maximum atomic E-state index is 13.1. The van der Waals surface area contributed by atoms with Crippen LogP contribution in [0.5, 0.6) is 11.5 Å². The summed E-state index contributed by atoms with van der Waals surface area (Å²) < 4.78 is 11.3. The number of ether oxygens (including phenoxy) is 2. The number of carbonyl (C=O) groups excluding carboxylic acids is 1. The number of likely N-dealkylation sites (N-methyl/N-ethyl adjacent to an activating group) is 1. The molecule has 0 aliphatic carbocycles. The van der Waals surface area contributed by atoms with Gasteiger partial charge in [0.1, 0.15) is 6.61 Å². The molecule has 2 aromatic carbocycles. The summed E-state index contributed by atoms with van der Waals surface area (Å²) in [6.45, 7) is 2.86. The SMILES string of the molecule is COc1cccc2c1OCC(NC(=O)N1CCN(C)CC1c1ccccc1)C2. The molecule has 0 radical (unpaired) electrons. The number of piperazine rings is 1. The Kier molecular flexibility index (Phi) is 5.39. The highest BCUT2D eigenvalue weighted by Crippen LogP contribution is 2.34. The lowest BCUT2D eigenvalue weighted by Gasteiger charge is -2.41. The number of hydrogen-bond donors (Lipinski definition) is 1. The van der Waals surface area contributed by atoms with E-state index in [1.54, 1.807) is 7.11 Å². The van der Waals surface area contributed by atoms with Crippen molar-refractivity contribution in [2.75, 3.05) is 40.4 Å².